The molecule has 2 N–H and O–H groups in total. The number of rotatable bonds is 2. The summed E-state index contributed by atoms with van der Waals surface area (Å²) in [7, 11) is 0. The van der Waals surface area contributed by atoms with Gasteiger partial charge in [-0.15, -0.1) is 0 Å². The third-order valence-corrected chi connectivity index (χ3v) is 10.4. The molecule has 0 amide bonds. The molecule has 25 heavy (non-hydrogen) atoms. The Hall–Kier alpha value is 2.92. The Morgan fingerprint density at radius 1 is 0.760 bits per heavy atom. The fourth-order valence-electron chi connectivity index (χ4n) is 4.21. The predicted molar refractivity (Wildman–Crippen MR) is 134 cm³/mol. The highest BCUT2D eigenvalue weighted by Crippen LogP contribution is 2.69. The van der Waals surface area contributed by atoms with Crippen LogP contribution in [0.3, 0.4) is 0 Å². The molecule has 0 aromatic carbocycles. The van der Waals surface area contributed by atoms with E-state index in [0.717, 1.165) is 0 Å². The zero-order valence-electron chi connectivity index (χ0n) is 13.1. The highest BCUT2D eigenvalue weighted by molar-refractivity contribution is 9.27. The van der Waals surface area contributed by atoms with Crippen LogP contribution in [0.1, 0.15) is 26.7 Å². The van der Waals surface area contributed by atoms with Crippen LogP contribution >= 0.6 is 127 Å². The molecule has 0 fully saturated rings. The van der Waals surface area contributed by atoms with Crippen LogP contribution in [-0.2, 0) is 0 Å². The van der Waals surface area contributed by atoms with E-state index in [1.807, 2.05) is 0 Å². The van der Waals surface area contributed by atoms with Crippen molar-refractivity contribution in [2.45, 2.75) is 39.6 Å². The summed E-state index contributed by atoms with van der Waals surface area (Å²) in [6.45, 7) is 4.36. The van der Waals surface area contributed by atoms with Crippen molar-refractivity contribution >= 4 is 127 Å². The molecule has 2 unspecified atom stereocenters. The monoisotopic (exact) mass is 859 g/mol. The lowest BCUT2D eigenvalue weighted by atomic mass is 9.62. The fourth-order valence-corrected chi connectivity index (χ4v) is 16.6. The van der Waals surface area contributed by atoms with Crippen LogP contribution in [0, 0.1) is 17.3 Å². The van der Waals surface area contributed by atoms with Crippen LogP contribution in [0.15, 0.2) is 23.7 Å². The molecule has 2 aliphatic carbocycles. The Balaban J connectivity index is 2.64. The van der Waals surface area contributed by atoms with E-state index in [9.17, 15) is 10.2 Å². The molecule has 144 valence electrons. The summed E-state index contributed by atoms with van der Waals surface area (Å²) in [5.74, 6) is 0.518. The van der Waals surface area contributed by atoms with Gasteiger partial charge in [0.25, 0.3) is 0 Å². The zero-order chi connectivity index (χ0) is 19.6. The molecular weight excluding hydrogens is 851 g/mol. The molecule has 2 rings (SSSR count). The molecule has 0 spiro atoms. The molecule has 0 aliphatic heterocycles. The minimum Gasteiger partial charge on any atom is -0.512 e. The number of halogens is 8. The summed E-state index contributed by atoms with van der Waals surface area (Å²) in [5.41, 5.74) is -0.339. The van der Waals surface area contributed by atoms with Gasteiger partial charge in [0.1, 0.15) is 6.47 Å². The van der Waals surface area contributed by atoms with E-state index < -0.39 is 12.9 Å². The minimum absolute atomic E-state index is 0.0361. The second-order valence-electron chi connectivity index (χ2n) is 7.18. The van der Waals surface area contributed by atoms with E-state index in [4.69, 9.17) is 0 Å². The van der Waals surface area contributed by atoms with Crippen LogP contribution in [0.2, 0.25) is 0 Å². The summed E-state index contributed by atoms with van der Waals surface area (Å²) in [6, 6.07) is 0. The summed E-state index contributed by atoms with van der Waals surface area (Å²) < 4.78 is -2.34. The van der Waals surface area contributed by atoms with Crippen molar-refractivity contribution < 1.29 is 10.2 Å². The van der Waals surface area contributed by atoms with E-state index in [2.05, 4.69) is 141 Å². The van der Waals surface area contributed by atoms with E-state index in [0.29, 0.717) is 24.4 Å². The second-order valence-corrected chi connectivity index (χ2v) is 22.3. The largest absolute Gasteiger partial charge is 0.512 e. The number of allylic oxidation sites excluding steroid dienone is 4. The average molecular weight is 868 g/mol. The van der Waals surface area contributed by atoms with E-state index in [1.54, 1.807) is 12.2 Å². The van der Waals surface area contributed by atoms with Gasteiger partial charge in [0, 0.05) is 24.7 Å². The Labute approximate surface area is 215 Å². The van der Waals surface area contributed by atoms with Gasteiger partial charge in [0.05, 0.1) is 18.0 Å². The third-order valence-electron chi connectivity index (χ3n) is 4.65. The smallest absolute Gasteiger partial charge is 0.107 e. The van der Waals surface area contributed by atoms with Crippen molar-refractivity contribution in [2.75, 3.05) is 0 Å². The number of aliphatic hydroxyl groups excluding tert-OH is 2. The normalized spacial score (nSPS) is 33.4. The first-order valence-electron chi connectivity index (χ1n) is 7.26. The Morgan fingerprint density at radius 2 is 1.04 bits per heavy atom. The Kier molecular flexibility index (Phi) is 7.31. The quantitative estimate of drug-likeness (QED) is 0.273. The van der Waals surface area contributed by atoms with Gasteiger partial charge in [0.2, 0.25) is 0 Å². The molecule has 0 saturated heterocycles. The molecule has 0 aromatic rings. The van der Waals surface area contributed by atoms with Crippen molar-refractivity contribution in [3.63, 3.8) is 0 Å². The molecule has 2 nitrogen and oxygen atoms in total. The fraction of sp³-hybridized carbons (Fsp3) is 0.733. The molecule has 2 atom stereocenters. The SMILES string of the molecule is CC(C)(C1C(Br)(Br)C=C(O)CC1(Br)Br)C1C(Br)(Br)C=C(O)CC1(Br)Br. The number of alkyl halides is 8. The highest BCUT2D eigenvalue weighted by atomic mass is 79.9. The third kappa shape index (κ3) is 4.82. The molecule has 2 aliphatic rings. The number of hydrogen-bond acceptors (Lipinski definition) is 2. The summed E-state index contributed by atoms with van der Waals surface area (Å²) >= 11 is 30.2. The van der Waals surface area contributed by atoms with Crippen molar-refractivity contribution in [2.24, 2.45) is 17.3 Å². The molecule has 0 bridgehead atoms. The van der Waals surface area contributed by atoms with Crippen LogP contribution in [0.5, 0.6) is 0 Å². The lowest BCUT2D eigenvalue weighted by Crippen LogP contribution is -2.59. The van der Waals surface area contributed by atoms with Gasteiger partial charge in [-0.05, 0) is 17.6 Å². The number of hydrogen-bond donors (Lipinski definition) is 2. The topological polar surface area (TPSA) is 40.5 Å². The van der Waals surface area contributed by atoms with Crippen molar-refractivity contribution in [1.82, 2.24) is 0 Å². The van der Waals surface area contributed by atoms with Gasteiger partial charge in [-0.25, -0.2) is 0 Å². The number of aliphatic hydroxyl groups is 2. The van der Waals surface area contributed by atoms with Gasteiger partial charge in [-0.3, -0.25) is 0 Å². The maximum absolute atomic E-state index is 10.2. The summed E-state index contributed by atoms with van der Waals surface area (Å²) in [4.78, 5) is 0. The standard InChI is InChI=1S/C15H16Br8O2/c1-11(2,9-12(16,17)3-7(24)4-13(9,18)19)10-14(20,21)5-8(25)6-15(10,22)23/h3,5,9-10,24-25H,4,6H2,1-2H3. The molecule has 10 heteroatoms. The summed E-state index contributed by atoms with van der Waals surface area (Å²) in [5, 5.41) is 20.4. The molecule has 0 saturated carbocycles. The highest BCUT2D eigenvalue weighted by Gasteiger charge is 2.65. The van der Waals surface area contributed by atoms with Crippen LogP contribution in [0.4, 0.5) is 0 Å². The maximum atomic E-state index is 10.2. The van der Waals surface area contributed by atoms with Gasteiger partial charge in [0.15, 0.2) is 0 Å². The molecule has 0 aromatic heterocycles. The van der Waals surface area contributed by atoms with Crippen molar-refractivity contribution in [3.05, 3.63) is 23.7 Å². The lowest BCUT2D eigenvalue weighted by Gasteiger charge is -2.58. The lowest BCUT2D eigenvalue weighted by molar-refractivity contribution is 0.0865. The first kappa shape index (κ1) is 24.2. The summed E-state index contributed by atoms with van der Waals surface area (Å²) in [6.07, 6.45) is 4.49. The second kappa shape index (κ2) is 7.56. The van der Waals surface area contributed by atoms with Crippen LogP contribution in [0.25, 0.3) is 0 Å². The molecule has 0 radical (unpaired) electrons. The maximum Gasteiger partial charge on any atom is 0.107 e. The van der Waals surface area contributed by atoms with E-state index >= 15 is 0 Å². The first-order valence-corrected chi connectivity index (χ1v) is 13.6. The molecule has 0 heterocycles. The van der Waals surface area contributed by atoms with Gasteiger partial charge < -0.3 is 10.2 Å². The van der Waals surface area contributed by atoms with Crippen molar-refractivity contribution in [1.29, 1.82) is 0 Å². The minimum atomic E-state index is -0.631. The van der Waals surface area contributed by atoms with Crippen LogP contribution < -0.4 is 0 Å². The van der Waals surface area contributed by atoms with Crippen molar-refractivity contribution in [3.8, 4) is 0 Å². The molecular formula is C15H16Br8O2. The first-order chi connectivity index (χ1) is 10.9. The van der Waals surface area contributed by atoms with E-state index in [-0.39, 0.29) is 17.3 Å². The Morgan fingerprint density at radius 3 is 1.28 bits per heavy atom. The van der Waals surface area contributed by atoms with E-state index in [1.165, 1.54) is 0 Å². The average Bonchev–Trinajstić information content (AvgIpc) is 2.15. The van der Waals surface area contributed by atoms with Crippen LogP contribution in [-0.4, -0.2) is 23.1 Å². The van der Waals surface area contributed by atoms with Gasteiger partial charge in [-0.2, -0.15) is 0 Å². The zero-order valence-corrected chi connectivity index (χ0v) is 25.8. The van der Waals surface area contributed by atoms with Gasteiger partial charge in [-0.1, -0.05) is 141 Å². The Bertz CT molecular complexity index is 569. The predicted octanol–water partition coefficient (Wildman–Crippen LogP) is 8.88. The van der Waals surface area contributed by atoms with Gasteiger partial charge >= 0.3 is 0 Å².